The molecule has 1 fully saturated rings. The highest BCUT2D eigenvalue weighted by Crippen LogP contribution is 2.16. The minimum absolute atomic E-state index is 0.0750. The van der Waals surface area contributed by atoms with E-state index in [2.05, 4.69) is 10.6 Å². The fraction of sp³-hybridized carbons (Fsp3) is 0.833. The smallest absolute Gasteiger partial charge is 0.326 e. The SMILES string of the molecule is CC[C@H](C)[C@H](NC(=O)NC1CCCSC1)C(=O)O. The lowest BCUT2D eigenvalue weighted by molar-refractivity contribution is -0.140. The number of rotatable bonds is 5. The number of nitrogens with one attached hydrogen (secondary N) is 2. The van der Waals surface area contributed by atoms with Gasteiger partial charge < -0.3 is 15.7 Å². The summed E-state index contributed by atoms with van der Waals surface area (Å²) in [7, 11) is 0. The van der Waals surface area contributed by atoms with Crippen molar-refractivity contribution in [3.05, 3.63) is 0 Å². The van der Waals surface area contributed by atoms with Crippen LogP contribution in [-0.2, 0) is 4.79 Å². The average Bonchev–Trinajstić information content (AvgIpc) is 2.36. The maximum Gasteiger partial charge on any atom is 0.326 e. The first-order chi connectivity index (χ1) is 8.54. The van der Waals surface area contributed by atoms with Crippen LogP contribution in [-0.4, -0.2) is 40.7 Å². The zero-order chi connectivity index (χ0) is 13.5. The van der Waals surface area contributed by atoms with Gasteiger partial charge in [-0.3, -0.25) is 0 Å². The van der Waals surface area contributed by atoms with Crippen molar-refractivity contribution in [1.29, 1.82) is 0 Å². The zero-order valence-electron chi connectivity index (χ0n) is 10.9. The lowest BCUT2D eigenvalue weighted by atomic mass is 9.99. The summed E-state index contributed by atoms with van der Waals surface area (Å²) in [6, 6.07) is -1.02. The molecule has 1 saturated heterocycles. The van der Waals surface area contributed by atoms with Crippen molar-refractivity contribution in [1.82, 2.24) is 10.6 Å². The third kappa shape index (κ3) is 4.76. The summed E-state index contributed by atoms with van der Waals surface area (Å²) in [6.45, 7) is 3.74. The lowest BCUT2D eigenvalue weighted by Crippen LogP contribution is -2.52. The number of amides is 2. The molecule has 1 rings (SSSR count). The Kier molecular flexibility index (Phi) is 6.32. The van der Waals surface area contributed by atoms with Crippen LogP contribution in [0.3, 0.4) is 0 Å². The molecule has 3 atom stereocenters. The summed E-state index contributed by atoms with van der Waals surface area (Å²) in [5.74, 6) is 1.00. The van der Waals surface area contributed by atoms with Crippen LogP contribution in [0, 0.1) is 5.92 Å². The van der Waals surface area contributed by atoms with Gasteiger partial charge in [-0.25, -0.2) is 9.59 Å². The number of urea groups is 1. The number of carbonyl (C=O) groups excluding carboxylic acids is 1. The average molecular weight is 274 g/mol. The second kappa shape index (κ2) is 7.51. The van der Waals surface area contributed by atoms with Crippen molar-refractivity contribution in [2.24, 2.45) is 5.92 Å². The molecule has 0 aliphatic carbocycles. The predicted octanol–water partition coefficient (Wildman–Crippen LogP) is 1.68. The Bertz CT molecular complexity index is 293. The zero-order valence-corrected chi connectivity index (χ0v) is 11.8. The Morgan fingerprint density at radius 3 is 2.72 bits per heavy atom. The molecule has 0 aromatic heterocycles. The number of hydrogen-bond donors (Lipinski definition) is 3. The van der Waals surface area contributed by atoms with E-state index >= 15 is 0 Å². The van der Waals surface area contributed by atoms with Gasteiger partial charge in [0.2, 0.25) is 0 Å². The van der Waals surface area contributed by atoms with Gasteiger partial charge in [-0.1, -0.05) is 20.3 Å². The number of hydrogen-bond acceptors (Lipinski definition) is 3. The minimum atomic E-state index is -0.975. The van der Waals surface area contributed by atoms with Gasteiger partial charge in [0.1, 0.15) is 6.04 Å². The molecular weight excluding hydrogens is 252 g/mol. The van der Waals surface area contributed by atoms with Crippen LogP contribution < -0.4 is 10.6 Å². The van der Waals surface area contributed by atoms with E-state index in [1.807, 2.05) is 25.6 Å². The third-order valence-electron chi connectivity index (χ3n) is 3.26. The molecular formula is C12H22N2O3S. The number of carbonyl (C=O) groups is 2. The fourth-order valence-corrected chi connectivity index (χ4v) is 2.98. The monoisotopic (exact) mass is 274 g/mol. The Labute approximate surface area is 112 Å². The molecule has 18 heavy (non-hydrogen) atoms. The maximum absolute atomic E-state index is 11.8. The Morgan fingerprint density at radius 2 is 2.22 bits per heavy atom. The van der Waals surface area contributed by atoms with E-state index in [9.17, 15) is 9.59 Å². The van der Waals surface area contributed by atoms with Gasteiger partial charge in [0.15, 0.2) is 0 Å². The van der Waals surface area contributed by atoms with Crippen molar-refractivity contribution >= 4 is 23.8 Å². The van der Waals surface area contributed by atoms with E-state index in [1.165, 1.54) is 0 Å². The lowest BCUT2D eigenvalue weighted by Gasteiger charge is -2.25. The van der Waals surface area contributed by atoms with Crippen LogP contribution in [0.15, 0.2) is 0 Å². The van der Waals surface area contributed by atoms with Gasteiger partial charge in [0.05, 0.1) is 0 Å². The maximum atomic E-state index is 11.8. The molecule has 0 bridgehead atoms. The molecule has 0 aromatic rings. The van der Waals surface area contributed by atoms with E-state index in [-0.39, 0.29) is 18.0 Å². The van der Waals surface area contributed by atoms with Gasteiger partial charge in [-0.2, -0.15) is 11.8 Å². The van der Waals surface area contributed by atoms with E-state index in [1.54, 1.807) is 0 Å². The van der Waals surface area contributed by atoms with Crippen LogP contribution in [0.1, 0.15) is 33.1 Å². The van der Waals surface area contributed by atoms with Crippen molar-refractivity contribution in [2.75, 3.05) is 11.5 Å². The number of thioether (sulfide) groups is 1. The molecule has 3 N–H and O–H groups in total. The molecule has 0 radical (unpaired) electrons. The van der Waals surface area contributed by atoms with Crippen LogP contribution in [0.4, 0.5) is 4.79 Å². The molecule has 5 nitrogen and oxygen atoms in total. The first kappa shape index (κ1) is 15.1. The molecule has 104 valence electrons. The van der Waals surface area contributed by atoms with E-state index in [4.69, 9.17) is 5.11 Å². The molecule has 1 heterocycles. The van der Waals surface area contributed by atoms with Gasteiger partial charge in [0, 0.05) is 11.8 Å². The summed E-state index contributed by atoms with van der Waals surface area (Å²) in [5, 5.41) is 14.5. The molecule has 6 heteroatoms. The number of carboxylic acid groups (broad SMARTS) is 1. The highest BCUT2D eigenvalue weighted by molar-refractivity contribution is 7.99. The molecule has 2 amide bonds. The Balaban J connectivity index is 2.42. The van der Waals surface area contributed by atoms with E-state index in [0.29, 0.717) is 0 Å². The van der Waals surface area contributed by atoms with Crippen molar-refractivity contribution in [3.63, 3.8) is 0 Å². The molecule has 1 aliphatic heterocycles. The highest BCUT2D eigenvalue weighted by Gasteiger charge is 2.26. The van der Waals surface area contributed by atoms with Crippen LogP contribution in [0.25, 0.3) is 0 Å². The first-order valence-electron chi connectivity index (χ1n) is 6.42. The van der Waals surface area contributed by atoms with Gasteiger partial charge >= 0.3 is 12.0 Å². The quantitative estimate of drug-likeness (QED) is 0.713. The van der Waals surface area contributed by atoms with Crippen molar-refractivity contribution < 1.29 is 14.7 Å². The summed E-state index contributed by atoms with van der Waals surface area (Å²) in [4.78, 5) is 22.8. The minimum Gasteiger partial charge on any atom is -0.480 e. The normalized spacial score (nSPS) is 22.9. The summed E-state index contributed by atoms with van der Waals surface area (Å²) < 4.78 is 0. The standard InChI is InChI=1S/C12H22N2O3S/c1-3-8(2)10(11(15)16)14-12(17)13-9-5-4-6-18-7-9/h8-10H,3-7H2,1-2H3,(H,15,16)(H2,13,14,17)/t8-,9?,10-/m0/s1. The molecule has 1 unspecified atom stereocenters. The van der Waals surface area contributed by atoms with Gasteiger partial charge in [-0.15, -0.1) is 0 Å². The topological polar surface area (TPSA) is 78.4 Å². The fourth-order valence-electron chi connectivity index (χ4n) is 1.91. The largest absolute Gasteiger partial charge is 0.480 e. The predicted molar refractivity (Wildman–Crippen MR) is 72.9 cm³/mol. The second-order valence-electron chi connectivity index (χ2n) is 4.73. The van der Waals surface area contributed by atoms with Crippen LogP contribution in [0.2, 0.25) is 0 Å². The van der Waals surface area contributed by atoms with Crippen LogP contribution >= 0.6 is 11.8 Å². The molecule has 1 aliphatic rings. The Hall–Kier alpha value is -0.910. The van der Waals surface area contributed by atoms with Crippen molar-refractivity contribution in [2.45, 2.75) is 45.2 Å². The first-order valence-corrected chi connectivity index (χ1v) is 7.57. The summed E-state index contributed by atoms with van der Waals surface area (Å²) in [6.07, 6.45) is 2.79. The van der Waals surface area contributed by atoms with Gasteiger partial charge in [-0.05, 0) is 24.5 Å². The summed E-state index contributed by atoms with van der Waals surface area (Å²) in [5.41, 5.74) is 0. The molecule has 0 aromatic carbocycles. The van der Waals surface area contributed by atoms with E-state index in [0.717, 1.165) is 30.8 Å². The number of carboxylic acids is 1. The molecule has 0 saturated carbocycles. The Morgan fingerprint density at radius 1 is 1.50 bits per heavy atom. The third-order valence-corrected chi connectivity index (χ3v) is 4.48. The van der Waals surface area contributed by atoms with Gasteiger partial charge in [0.25, 0.3) is 0 Å². The molecule has 0 spiro atoms. The van der Waals surface area contributed by atoms with Crippen LogP contribution in [0.5, 0.6) is 0 Å². The van der Waals surface area contributed by atoms with Crippen molar-refractivity contribution in [3.8, 4) is 0 Å². The van der Waals surface area contributed by atoms with E-state index < -0.39 is 12.0 Å². The summed E-state index contributed by atoms with van der Waals surface area (Å²) >= 11 is 1.82. The highest BCUT2D eigenvalue weighted by atomic mass is 32.2. The second-order valence-corrected chi connectivity index (χ2v) is 5.88. The number of aliphatic carboxylic acids is 1.